The third-order valence-corrected chi connectivity index (χ3v) is 3.79. The lowest BCUT2D eigenvalue weighted by atomic mass is 10.2. The summed E-state index contributed by atoms with van der Waals surface area (Å²) < 4.78 is 15.7. The van der Waals surface area contributed by atoms with Crippen LogP contribution in [0.4, 0.5) is 4.39 Å². The van der Waals surface area contributed by atoms with Gasteiger partial charge in [0.25, 0.3) is 0 Å². The summed E-state index contributed by atoms with van der Waals surface area (Å²) in [7, 11) is 0. The fourth-order valence-electron chi connectivity index (χ4n) is 1.75. The van der Waals surface area contributed by atoms with Gasteiger partial charge in [-0.2, -0.15) is 5.10 Å². The number of halogens is 2. The lowest BCUT2D eigenvalue weighted by molar-refractivity contribution is 0.280. The van der Waals surface area contributed by atoms with Crippen LogP contribution in [0.3, 0.4) is 0 Å². The van der Waals surface area contributed by atoms with Crippen LogP contribution in [0.25, 0.3) is 5.69 Å². The third kappa shape index (κ3) is 2.12. The maximum atomic E-state index is 13.1. The minimum absolute atomic E-state index is 0.219. The van der Waals surface area contributed by atoms with Crippen molar-refractivity contribution < 1.29 is 9.50 Å². The zero-order valence-corrected chi connectivity index (χ0v) is 11.1. The number of aliphatic hydroxyl groups is 1. The van der Waals surface area contributed by atoms with E-state index in [4.69, 9.17) is 0 Å². The van der Waals surface area contributed by atoms with Gasteiger partial charge in [0, 0.05) is 5.56 Å². The summed E-state index contributed by atoms with van der Waals surface area (Å²) in [5.41, 5.74) is 2.99. The second kappa shape index (κ2) is 4.58. The van der Waals surface area contributed by atoms with Gasteiger partial charge in [0.1, 0.15) is 5.82 Å². The first kappa shape index (κ1) is 12.3. The first-order chi connectivity index (χ1) is 8.04. The van der Waals surface area contributed by atoms with E-state index in [1.165, 1.54) is 12.1 Å². The van der Waals surface area contributed by atoms with E-state index in [-0.39, 0.29) is 12.4 Å². The molecule has 3 nitrogen and oxygen atoms in total. The third-order valence-electron chi connectivity index (χ3n) is 2.64. The summed E-state index contributed by atoms with van der Waals surface area (Å²) in [6.45, 7) is 3.58. The van der Waals surface area contributed by atoms with Crippen molar-refractivity contribution in [3.05, 3.63) is 45.4 Å². The Labute approximate surface area is 107 Å². The summed E-state index contributed by atoms with van der Waals surface area (Å²) >= 11 is 3.44. The van der Waals surface area contributed by atoms with Crippen LogP contribution in [0.15, 0.2) is 22.7 Å². The Morgan fingerprint density at radius 1 is 1.41 bits per heavy atom. The molecule has 0 saturated carbocycles. The molecule has 2 aromatic rings. The van der Waals surface area contributed by atoms with Gasteiger partial charge in [-0.3, -0.25) is 0 Å². The van der Waals surface area contributed by atoms with Crippen LogP contribution in [-0.4, -0.2) is 14.9 Å². The van der Waals surface area contributed by atoms with Crippen molar-refractivity contribution in [2.24, 2.45) is 0 Å². The fourth-order valence-corrected chi connectivity index (χ4v) is 1.99. The van der Waals surface area contributed by atoms with Crippen molar-refractivity contribution in [1.82, 2.24) is 9.78 Å². The summed E-state index contributed by atoms with van der Waals surface area (Å²) in [4.78, 5) is 0. The molecule has 5 heteroatoms. The van der Waals surface area contributed by atoms with E-state index in [0.29, 0.717) is 11.3 Å². The van der Waals surface area contributed by atoms with Crippen molar-refractivity contribution in [2.75, 3.05) is 0 Å². The summed E-state index contributed by atoms with van der Waals surface area (Å²) in [5.74, 6) is -0.363. The van der Waals surface area contributed by atoms with Crippen molar-refractivity contribution in [1.29, 1.82) is 0 Å². The van der Waals surface area contributed by atoms with Crippen LogP contribution in [0.2, 0.25) is 0 Å². The Hall–Kier alpha value is -1.20. The molecule has 1 N–H and O–H groups in total. The van der Waals surface area contributed by atoms with E-state index in [2.05, 4.69) is 21.0 Å². The minimum atomic E-state index is -0.363. The molecular weight excluding hydrogens is 287 g/mol. The minimum Gasteiger partial charge on any atom is -0.392 e. The van der Waals surface area contributed by atoms with Crippen molar-refractivity contribution >= 4 is 15.9 Å². The zero-order valence-electron chi connectivity index (χ0n) is 9.54. The molecular formula is C12H12BrFN2O. The quantitative estimate of drug-likeness (QED) is 0.926. The van der Waals surface area contributed by atoms with Gasteiger partial charge in [-0.1, -0.05) is 0 Å². The molecule has 2 rings (SSSR count). The number of aromatic nitrogens is 2. The summed E-state index contributed by atoms with van der Waals surface area (Å²) in [6.07, 6.45) is 0. The molecule has 1 aromatic heterocycles. The highest BCUT2D eigenvalue weighted by Gasteiger charge is 2.13. The second-order valence-corrected chi connectivity index (χ2v) is 4.62. The highest BCUT2D eigenvalue weighted by Crippen LogP contribution is 2.25. The number of hydrogen-bond acceptors (Lipinski definition) is 2. The van der Waals surface area contributed by atoms with E-state index in [1.54, 1.807) is 10.7 Å². The van der Waals surface area contributed by atoms with E-state index in [1.807, 2.05) is 13.8 Å². The van der Waals surface area contributed by atoms with Gasteiger partial charge in [-0.15, -0.1) is 0 Å². The molecule has 0 spiro atoms. The standard InChI is InChI=1S/C12H12BrFN2O/c1-7-12(13)8(2)16(15-7)11-4-3-10(14)5-9(11)6-17/h3-5,17H,6H2,1-2H3. The predicted molar refractivity (Wildman–Crippen MR) is 66.6 cm³/mol. The van der Waals surface area contributed by atoms with Gasteiger partial charge < -0.3 is 5.11 Å². The van der Waals surface area contributed by atoms with Gasteiger partial charge in [0.15, 0.2) is 0 Å². The number of benzene rings is 1. The zero-order chi connectivity index (χ0) is 12.6. The van der Waals surface area contributed by atoms with Gasteiger partial charge in [-0.25, -0.2) is 9.07 Å². The average molecular weight is 299 g/mol. The SMILES string of the molecule is Cc1nn(-c2ccc(F)cc2CO)c(C)c1Br. The molecule has 0 aliphatic rings. The lowest BCUT2D eigenvalue weighted by Crippen LogP contribution is -2.04. The second-order valence-electron chi connectivity index (χ2n) is 3.83. The number of aryl methyl sites for hydroxylation is 1. The first-order valence-electron chi connectivity index (χ1n) is 5.16. The Kier molecular flexibility index (Phi) is 3.31. The van der Waals surface area contributed by atoms with Crippen molar-refractivity contribution in [3.63, 3.8) is 0 Å². The molecule has 0 aliphatic carbocycles. The number of nitrogens with zero attached hydrogens (tertiary/aromatic N) is 2. The molecule has 0 fully saturated rings. The normalized spacial score (nSPS) is 10.9. The van der Waals surface area contributed by atoms with E-state index in [0.717, 1.165) is 15.9 Å². The summed E-state index contributed by atoms with van der Waals surface area (Å²) in [6, 6.07) is 4.30. The number of rotatable bonds is 2. The van der Waals surface area contributed by atoms with E-state index >= 15 is 0 Å². The molecule has 0 aliphatic heterocycles. The molecule has 1 aromatic carbocycles. The molecule has 0 saturated heterocycles. The van der Waals surface area contributed by atoms with Gasteiger partial charge >= 0.3 is 0 Å². The fraction of sp³-hybridized carbons (Fsp3) is 0.250. The lowest BCUT2D eigenvalue weighted by Gasteiger charge is -2.09. The highest BCUT2D eigenvalue weighted by molar-refractivity contribution is 9.10. The molecule has 0 unspecified atom stereocenters. The Bertz CT molecular complexity index is 566. The van der Waals surface area contributed by atoms with Gasteiger partial charge in [0.2, 0.25) is 0 Å². The van der Waals surface area contributed by atoms with Crippen molar-refractivity contribution in [3.8, 4) is 5.69 Å². The van der Waals surface area contributed by atoms with Gasteiger partial charge in [0.05, 0.1) is 28.2 Å². The maximum Gasteiger partial charge on any atom is 0.123 e. The molecule has 90 valence electrons. The Morgan fingerprint density at radius 3 is 2.65 bits per heavy atom. The maximum absolute atomic E-state index is 13.1. The van der Waals surface area contributed by atoms with E-state index < -0.39 is 0 Å². The van der Waals surface area contributed by atoms with E-state index in [9.17, 15) is 9.50 Å². The van der Waals surface area contributed by atoms with Crippen LogP contribution in [0, 0.1) is 19.7 Å². The van der Waals surface area contributed by atoms with Crippen LogP contribution < -0.4 is 0 Å². The number of aliphatic hydroxyl groups excluding tert-OH is 1. The number of hydrogen-bond donors (Lipinski definition) is 1. The molecule has 1 heterocycles. The molecule has 0 atom stereocenters. The van der Waals surface area contributed by atoms with Gasteiger partial charge in [-0.05, 0) is 48.0 Å². The van der Waals surface area contributed by atoms with Crippen LogP contribution in [0.5, 0.6) is 0 Å². The smallest absolute Gasteiger partial charge is 0.123 e. The molecule has 0 radical (unpaired) electrons. The van der Waals surface area contributed by atoms with Crippen LogP contribution >= 0.6 is 15.9 Å². The van der Waals surface area contributed by atoms with Crippen LogP contribution in [-0.2, 0) is 6.61 Å². The van der Waals surface area contributed by atoms with Crippen molar-refractivity contribution in [2.45, 2.75) is 20.5 Å². The first-order valence-corrected chi connectivity index (χ1v) is 5.95. The predicted octanol–water partition coefficient (Wildman–Crippen LogP) is 2.88. The average Bonchev–Trinajstić information content (AvgIpc) is 2.57. The molecule has 0 bridgehead atoms. The summed E-state index contributed by atoms with van der Waals surface area (Å²) in [5, 5.41) is 13.6. The highest BCUT2D eigenvalue weighted by atomic mass is 79.9. The Balaban J connectivity index is 2.64. The molecule has 0 amide bonds. The molecule has 17 heavy (non-hydrogen) atoms. The topological polar surface area (TPSA) is 38.0 Å². The monoisotopic (exact) mass is 298 g/mol. The van der Waals surface area contributed by atoms with Crippen LogP contribution in [0.1, 0.15) is 17.0 Å². The Morgan fingerprint density at radius 2 is 2.12 bits per heavy atom. The largest absolute Gasteiger partial charge is 0.392 e.